The predicted molar refractivity (Wildman–Crippen MR) is 109 cm³/mol. The van der Waals surface area contributed by atoms with E-state index < -0.39 is 0 Å². The van der Waals surface area contributed by atoms with Crippen LogP contribution in [0.5, 0.6) is 0 Å². The molecular weight excluding hydrogens is 358 g/mol. The van der Waals surface area contributed by atoms with Gasteiger partial charge in [-0.2, -0.15) is 0 Å². The summed E-state index contributed by atoms with van der Waals surface area (Å²) in [5.41, 5.74) is 10.3. The van der Waals surface area contributed by atoms with Crippen molar-refractivity contribution in [2.75, 3.05) is 11.1 Å². The fourth-order valence-corrected chi connectivity index (χ4v) is 3.43. The van der Waals surface area contributed by atoms with Crippen LogP contribution in [0.15, 0.2) is 72.0 Å². The highest BCUT2D eigenvalue weighted by Crippen LogP contribution is 2.23. The fraction of sp³-hybridized carbons (Fsp3) is 0.0500. The number of nitrogens with zero attached hydrogens (tertiary/aromatic N) is 2. The summed E-state index contributed by atoms with van der Waals surface area (Å²) in [7, 11) is 0. The maximum atomic E-state index is 12.4. The van der Waals surface area contributed by atoms with E-state index >= 15 is 0 Å². The zero-order valence-corrected chi connectivity index (χ0v) is 15.2. The highest BCUT2D eigenvalue weighted by atomic mass is 32.2. The first-order valence-corrected chi connectivity index (χ1v) is 9.36. The Hall–Kier alpha value is -3.32. The number of benzene rings is 2. The monoisotopic (exact) mass is 375 g/mol. The zero-order valence-electron chi connectivity index (χ0n) is 14.3. The molecule has 0 aliphatic heterocycles. The van der Waals surface area contributed by atoms with Gasteiger partial charge in [0.15, 0.2) is 10.8 Å². The van der Waals surface area contributed by atoms with Crippen molar-refractivity contribution in [1.29, 1.82) is 0 Å². The Morgan fingerprint density at radius 1 is 1.07 bits per heavy atom. The van der Waals surface area contributed by atoms with Crippen LogP contribution in [-0.4, -0.2) is 20.9 Å². The van der Waals surface area contributed by atoms with Gasteiger partial charge >= 0.3 is 0 Å². The van der Waals surface area contributed by atoms with E-state index in [1.54, 1.807) is 30.1 Å². The first kappa shape index (κ1) is 17.1. The molecule has 27 heavy (non-hydrogen) atoms. The summed E-state index contributed by atoms with van der Waals surface area (Å²) < 4.78 is 0. The number of carbonyl (C=O) groups excluding carboxylic acids is 1. The molecule has 0 aliphatic carbocycles. The van der Waals surface area contributed by atoms with E-state index in [1.807, 2.05) is 48.5 Å². The van der Waals surface area contributed by atoms with Crippen molar-refractivity contribution in [2.45, 2.75) is 10.9 Å². The van der Waals surface area contributed by atoms with Gasteiger partial charge in [0.05, 0.1) is 16.9 Å². The minimum absolute atomic E-state index is 0.185. The summed E-state index contributed by atoms with van der Waals surface area (Å²) in [5, 5.41) is 3.65. The summed E-state index contributed by atoms with van der Waals surface area (Å²) in [6.07, 6.45) is 1.73. The number of nitrogens with one attached hydrogen (secondary N) is 2. The molecule has 0 bridgehead atoms. The maximum absolute atomic E-state index is 12.4. The van der Waals surface area contributed by atoms with Crippen molar-refractivity contribution in [1.82, 2.24) is 15.0 Å². The quantitative estimate of drug-likeness (QED) is 0.361. The number of fused-ring (bicyclic) bond motifs is 1. The average Bonchev–Trinajstić information content (AvgIpc) is 3.11. The van der Waals surface area contributed by atoms with Crippen LogP contribution < -0.4 is 11.1 Å². The lowest BCUT2D eigenvalue weighted by atomic mass is 10.1. The molecule has 0 saturated heterocycles. The first-order valence-electron chi connectivity index (χ1n) is 8.37. The van der Waals surface area contributed by atoms with Crippen LogP contribution in [0, 0.1) is 0 Å². The molecule has 2 aromatic heterocycles. The van der Waals surface area contributed by atoms with Gasteiger partial charge in [-0.3, -0.25) is 4.79 Å². The standard InChI is InChI=1S/C20H17N5OS/c21-15-4-1-2-5-16(15)23-19(26)14-9-7-13(8-10-14)12-27-20-24-17-6-3-11-22-18(17)25-20/h1-11H,12,21H2,(H,23,26)(H,22,24,25). The molecule has 134 valence electrons. The normalized spacial score (nSPS) is 10.8. The van der Waals surface area contributed by atoms with E-state index in [-0.39, 0.29) is 5.91 Å². The Bertz CT molecular complexity index is 1060. The molecule has 1 amide bonds. The van der Waals surface area contributed by atoms with Crippen LogP contribution in [0.2, 0.25) is 0 Å². The Morgan fingerprint density at radius 3 is 2.67 bits per heavy atom. The lowest BCUT2D eigenvalue weighted by molar-refractivity contribution is 0.102. The minimum Gasteiger partial charge on any atom is -0.397 e. The van der Waals surface area contributed by atoms with Crippen molar-refractivity contribution >= 4 is 40.2 Å². The van der Waals surface area contributed by atoms with Crippen molar-refractivity contribution in [3.63, 3.8) is 0 Å². The van der Waals surface area contributed by atoms with E-state index in [1.165, 1.54) is 0 Å². The predicted octanol–water partition coefficient (Wildman–Crippen LogP) is 4.08. The number of anilines is 2. The fourth-order valence-electron chi connectivity index (χ4n) is 2.60. The highest BCUT2D eigenvalue weighted by molar-refractivity contribution is 7.98. The number of rotatable bonds is 5. The Labute approximate surface area is 160 Å². The van der Waals surface area contributed by atoms with Crippen molar-refractivity contribution in [2.24, 2.45) is 0 Å². The molecule has 2 aromatic carbocycles. The summed E-state index contributed by atoms with van der Waals surface area (Å²) >= 11 is 1.59. The third-order valence-corrected chi connectivity index (χ3v) is 4.98. The van der Waals surface area contributed by atoms with Crippen LogP contribution >= 0.6 is 11.8 Å². The molecule has 0 radical (unpaired) electrons. The summed E-state index contributed by atoms with van der Waals surface area (Å²) in [6, 6.07) is 18.5. The molecule has 6 nitrogen and oxygen atoms in total. The molecule has 0 aliphatic rings. The van der Waals surface area contributed by atoms with Gasteiger partial charge in [-0.1, -0.05) is 36.0 Å². The van der Waals surface area contributed by atoms with Crippen LogP contribution in [-0.2, 0) is 5.75 Å². The van der Waals surface area contributed by atoms with Gasteiger partial charge < -0.3 is 16.0 Å². The van der Waals surface area contributed by atoms with E-state index in [4.69, 9.17) is 5.73 Å². The first-order chi connectivity index (χ1) is 13.2. The van der Waals surface area contributed by atoms with Crippen LogP contribution in [0.25, 0.3) is 11.2 Å². The number of amides is 1. The topological polar surface area (TPSA) is 96.7 Å². The average molecular weight is 375 g/mol. The number of aromatic amines is 1. The van der Waals surface area contributed by atoms with Crippen molar-refractivity contribution in [3.8, 4) is 0 Å². The number of nitrogen functional groups attached to an aromatic ring is 1. The van der Waals surface area contributed by atoms with E-state index in [2.05, 4.69) is 20.3 Å². The van der Waals surface area contributed by atoms with Gasteiger partial charge in [-0.25, -0.2) is 9.97 Å². The van der Waals surface area contributed by atoms with Gasteiger partial charge in [0.25, 0.3) is 5.91 Å². The number of pyridine rings is 1. The molecule has 0 atom stereocenters. The van der Waals surface area contributed by atoms with Crippen LogP contribution in [0.4, 0.5) is 11.4 Å². The third kappa shape index (κ3) is 3.93. The molecule has 4 rings (SSSR count). The number of imidazole rings is 1. The Balaban J connectivity index is 1.39. The lowest BCUT2D eigenvalue weighted by Crippen LogP contribution is -2.13. The summed E-state index contributed by atoms with van der Waals surface area (Å²) in [5.74, 6) is 0.559. The van der Waals surface area contributed by atoms with Gasteiger partial charge in [-0.15, -0.1) is 0 Å². The molecule has 0 spiro atoms. The molecule has 2 heterocycles. The van der Waals surface area contributed by atoms with Crippen LogP contribution in [0.3, 0.4) is 0 Å². The largest absolute Gasteiger partial charge is 0.397 e. The molecule has 0 saturated carbocycles. The van der Waals surface area contributed by atoms with Gasteiger partial charge in [0.1, 0.15) is 0 Å². The van der Waals surface area contributed by atoms with Crippen molar-refractivity contribution in [3.05, 3.63) is 78.0 Å². The highest BCUT2D eigenvalue weighted by Gasteiger charge is 2.09. The SMILES string of the molecule is Nc1ccccc1NC(=O)c1ccc(CSc2nc3ncccc3[nH]2)cc1. The molecule has 4 N–H and O–H groups in total. The van der Waals surface area contributed by atoms with Gasteiger partial charge in [0.2, 0.25) is 0 Å². The number of hydrogen-bond acceptors (Lipinski definition) is 5. The second-order valence-corrected chi connectivity index (χ2v) is 6.91. The lowest BCUT2D eigenvalue weighted by Gasteiger charge is -2.08. The Morgan fingerprint density at radius 2 is 1.89 bits per heavy atom. The zero-order chi connectivity index (χ0) is 18.6. The Kier molecular flexibility index (Phi) is 4.76. The summed E-state index contributed by atoms with van der Waals surface area (Å²) in [4.78, 5) is 24.3. The van der Waals surface area contributed by atoms with Gasteiger partial charge in [0, 0.05) is 17.5 Å². The molecule has 0 unspecified atom stereocenters. The van der Waals surface area contributed by atoms with Gasteiger partial charge in [-0.05, 0) is 42.0 Å². The number of para-hydroxylation sites is 2. The second kappa shape index (κ2) is 7.51. The maximum Gasteiger partial charge on any atom is 0.255 e. The number of H-pyrrole nitrogens is 1. The molecular formula is C20H17N5OS. The number of aromatic nitrogens is 3. The number of carbonyl (C=O) groups is 1. The minimum atomic E-state index is -0.185. The molecule has 4 aromatic rings. The number of hydrogen-bond donors (Lipinski definition) is 3. The van der Waals surface area contributed by atoms with Crippen LogP contribution in [0.1, 0.15) is 15.9 Å². The smallest absolute Gasteiger partial charge is 0.255 e. The molecule has 0 fully saturated rings. The summed E-state index contributed by atoms with van der Waals surface area (Å²) in [6.45, 7) is 0. The number of nitrogens with two attached hydrogens (primary N) is 1. The second-order valence-electron chi connectivity index (χ2n) is 5.94. The van der Waals surface area contributed by atoms with Crippen molar-refractivity contribution < 1.29 is 4.79 Å². The third-order valence-electron chi connectivity index (χ3n) is 4.04. The number of thioether (sulfide) groups is 1. The molecule has 7 heteroatoms. The van der Waals surface area contributed by atoms with E-state index in [0.29, 0.717) is 22.6 Å². The van der Waals surface area contributed by atoms with E-state index in [9.17, 15) is 4.79 Å². The van der Waals surface area contributed by atoms with E-state index in [0.717, 1.165) is 22.0 Å².